The number of hydrogen-bond acceptors (Lipinski definition) is 4. The van der Waals surface area contributed by atoms with Crippen molar-refractivity contribution in [2.45, 2.75) is 83.3 Å². The largest absolute Gasteiger partial charge is 0.328 e. The molecule has 3 heterocycles. The summed E-state index contributed by atoms with van der Waals surface area (Å²) in [4.78, 5) is 38.8. The van der Waals surface area contributed by atoms with Crippen LogP contribution in [0.15, 0.2) is 29.1 Å². The van der Waals surface area contributed by atoms with E-state index in [2.05, 4.69) is 9.88 Å². The van der Waals surface area contributed by atoms with Gasteiger partial charge in [-0.3, -0.25) is 14.5 Å². The molecule has 0 radical (unpaired) electrons. The molecule has 1 saturated heterocycles. The molecule has 1 N–H and O–H groups in total. The smallest absolute Gasteiger partial charge is 0.255 e. The van der Waals surface area contributed by atoms with Gasteiger partial charge in [-0.15, -0.1) is 0 Å². The highest BCUT2D eigenvalue weighted by Crippen LogP contribution is 2.31. The van der Waals surface area contributed by atoms with E-state index in [4.69, 9.17) is 4.98 Å². The van der Waals surface area contributed by atoms with E-state index < -0.39 is 0 Å². The summed E-state index contributed by atoms with van der Waals surface area (Å²) >= 11 is 0. The van der Waals surface area contributed by atoms with Crippen molar-refractivity contribution >= 4 is 5.91 Å². The normalized spacial score (nSPS) is 22.5. The minimum absolute atomic E-state index is 0.0150. The van der Waals surface area contributed by atoms with Gasteiger partial charge in [0.15, 0.2) is 0 Å². The van der Waals surface area contributed by atoms with Crippen molar-refractivity contribution < 1.29 is 4.79 Å². The Morgan fingerprint density at radius 3 is 2.53 bits per heavy atom. The third-order valence-corrected chi connectivity index (χ3v) is 7.59. The quantitative estimate of drug-likeness (QED) is 0.788. The standard InChI is InChI=1S/C26H34N4O2/c1-18-10-12-19(13-11-18)26(32)30-15-6-5-9-23(30)24-27-22-14-16-29(17-21(22)25(31)28-24)20-7-3-2-4-8-20/h10-13,20,23H,2-9,14-17H2,1H3,(H,27,28,31)/t23-/m0/s1. The van der Waals surface area contributed by atoms with Gasteiger partial charge in [-0.05, 0) is 51.2 Å². The predicted octanol–water partition coefficient (Wildman–Crippen LogP) is 4.14. The summed E-state index contributed by atoms with van der Waals surface area (Å²) in [6, 6.07) is 8.19. The van der Waals surface area contributed by atoms with Crippen LogP contribution in [0.2, 0.25) is 0 Å². The highest BCUT2D eigenvalue weighted by molar-refractivity contribution is 5.94. The van der Waals surface area contributed by atoms with Crippen LogP contribution in [0.4, 0.5) is 0 Å². The van der Waals surface area contributed by atoms with Gasteiger partial charge in [0.05, 0.1) is 17.3 Å². The van der Waals surface area contributed by atoms with Crippen molar-refractivity contribution in [2.75, 3.05) is 13.1 Å². The number of likely N-dealkylation sites (tertiary alicyclic amines) is 1. The Morgan fingerprint density at radius 2 is 1.75 bits per heavy atom. The topological polar surface area (TPSA) is 69.3 Å². The summed E-state index contributed by atoms with van der Waals surface area (Å²) in [5, 5.41) is 0. The van der Waals surface area contributed by atoms with Crippen molar-refractivity contribution in [3.63, 3.8) is 0 Å². The maximum atomic E-state index is 13.3. The second-order valence-corrected chi connectivity index (χ2v) is 9.76. The van der Waals surface area contributed by atoms with Crippen molar-refractivity contribution in [3.05, 3.63) is 62.8 Å². The number of aromatic nitrogens is 2. The molecule has 1 aliphatic carbocycles. The molecule has 6 nitrogen and oxygen atoms in total. The number of carbonyl (C=O) groups is 1. The minimum Gasteiger partial charge on any atom is -0.328 e. The maximum Gasteiger partial charge on any atom is 0.255 e. The number of aryl methyl sites for hydroxylation is 1. The number of piperidine rings is 1. The van der Waals surface area contributed by atoms with Gasteiger partial charge in [0, 0.05) is 37.7 Å². The van der Waals surface area contributed by atoms with E-state index in [1.54, 1.807) is 0 Å². The van der Waals surface area contributed by atoms with Crippen molar-refractivity contribution in [2.24, 2.45) is 0 Å². The van der Waals surface area contributed by atoms with Gasteiger partial charge in [-0.1, -0.05) is 37.0 Å². The van der Waals surface area contributed by atoms with E-state index in [0.717, 1.165) is 49.0 Å². The number of hydrogen-bond donors (Lipinski definition) is 1. The van der Waals surface area contributed by atoms with Crippen LogP contribution in [0, 0.1) is 6.92 Å². The summed E-state index contributed by atoms with van der Waals surface area (Å²) in [6.45, 7) is 4.41. The first kappa shape index (κ1) is 21.4. The fourth-order valence-corrected chi connectivity index (χ4v) is 5.70. The highest BCUT2D eigenvalue weighted by Gasteiger charge is 2.33. The number of nitrogens with zero attached hydrogens (tertiary/aromatic N) is 3. The van der Waals surface area contributed by atoms with Crippen molar-refractivity contribution in [1.82, 2.24) is 19.8 Å². The third kappa shape index (κ3) is 4.25. The number of carbonyl (C=O) groups excluding carboxylic acids is 1. The van der Waals surface area contributed by atoms with E-state index in [1.165, 1.54) is 32.1 Å². The number of fused-ring (bicyclic) bond motifs is 1. The van der Waals surface area contributed by atoms with E-state index in [1.807, 2.05) is 36.1 Å². The lowest BCUT2D eigenvalue weighted by molar-refractivity contribution is 0.0598. The van der Waals surface area contributed by atoms with Crippen LogP contribution < -0.4 is 5.56 Å². The Labute approximate surface area is 190 Å². The molecule has 3 aliphatic rings. The molecule has 32 heavy (non-hydrogen) atoms. The first-order valence-corrected chi connectivity index (χ1v) is 12.3. The molecule has 0 spiro atoms. The molecule has 0 unspecified atom stereocenters. The monoisotopic (exact) mass is 434 g/mol. The van der Waals surface area contributed by atoms with Gasteiger partial charge >= 0.3 is 0 Å². The molecule has 1 aromatic heterocycles. The van der Waals surface area contributed by atoms with E-state index >= 15 is 0 Å². The molecule has 5 rings (SSSR count). The lowest BCUT2D eigenvalue weighted by Crippen LogP contribution is -2.44. The Morgan fingerprint density at radius 1 is 1.00 bits per heavy atom. The van der Waals surface area contributed by atoms with Gasteiger partial charge in [0.2, 0.25) is 0 Å². The van der Waals surface area contributed by atoms with Gasteiger partial charge < -0.3 is 9.88 Å². The maximum absolute atomic E-state index is 13.3. The van der Waals surface area contributed by atoms with Crippen LogP contribution in [-0.2, 0) is 13.0 Å². The van der Waals surface area contributed by atoms with Crippen molar-refractivity contribution in [1.29, 1.82) is 0 Å². The first-order valence-electron chi connectivity index (χ1n) is 12.3. The molecular weight excluding hydrogens is 400 g/mol. The van der Waals surface area contributed by atoms with E-state index in [-0.39, 0.29) is 17.5 Å². The molecule has 2 fully saturated rings. The second kappa shape index (κ2) is 9.18. The Bertz CT molecular complexity index is 1020. The van der Waals surface area contributed by atoms with E-state index in [0.29, 0.717) is 30.5 Å². The number of benzene rings is 1. The Hall–Kier alpha value is -2.47. The molecule has 170 valence electrons. The number of amides is 1. The molecule has 1 atom stereocenters. The zero-order valence-electron chi connectivity index (χ0n) is 19.1. The van der Waals surface area contributed by atoms with Crippen LogP contribution >= 0.6 is 0 Å². The predicted molar refractivity (Wildman–Crippen MR) is 125 cm³/mol. The van der Waals surface area contributed by atoms with Crippen molar-refractivity contribution in [3.8, 4) is 0 Å². The Kier molecular flexibility index (Phi) is 6.13. The molecule has 2 aromatic rings. The summed E-state index contributed by atoms with van der Waals surface area (Å²) in [6.07, 6.45) is 10.1. The number of rotatable bonds is 3. The minimum atomic E-state index is -0.160. The summed E-state index contributed by atoms with van der Waals surface area (Å²) in [7, 11) is 0. The van der Waals surface area contributed by atoms with Crippen LogP contribution in [-0.4, -0.2) is 44.8 Å². The van der Waals surface area contributed by atoms with Gasteiger partial charge in [0.25, 0.3) is 11.5 Å². The molecule has 2 aliphatic heterocycles. The fraction of sp³-hybridized carbons (Fsp3) is 0.577. The van der Waals surface area contributed by atoms with Gasteiger partial charge in [-0.25, -0.2) is 4.98 Å². The molecule has 1 aromatic carbocycles. The zero-order valence-corrected chi connectivity index (χ0v) is 19.1. The molecule has 1 amide bonds. The zero-order chi connectivity index (χ0) is 22.1. The van der Waals surface area contributed by atoms with Gasteiger partial charge in [-0.2, -0.15) is 0 Å². The average molecular weight is 435 g/mol. The van der Waals surface area contributed by atoms with Crippen LogP contribution in [0.1, 0.15) is 90.4 Å². The van der Waals surface area contributed by atoms with Crippen LogP contribution in [0.3, 0.4) is 0 Å². The highest BCUT2D eigenvalue weighted by atomic mass is 16.2. The summed E-state index contributed by atoms with van der Waals surface area (Å²) in [5.74, 6) is 0.693. The Balaban J connectivity index is 1.39. The molecule has 6 heteroatoms. The lowest BCUT2D eigenvalue weighted by Gasteiger charge is -2.38. The van der Waals surface area contributed by atoms with E-state index in [9.17, 15) is 9.59 Å². The third-order valence-electron chi connectivity index (χ3n) is 7.59. The van der Waals surface area contributed by atoms with Crippen LogP contribution in [0.5, 0.6) is 0 Å². The molecular formula is C26H34N4O2. The average Bonchev–Trinajstić information content (AvgIpc) is 2.84. The SMILES string of the molecule is Cc1ccc(C(=O)N2CCCC[C@H]2c2nc3c(c(=O)[nH]2)CN(C2CCCCC2)CC3)cc1. The number of nitrogens with one attached hydrogen (secondary N) is 1. The second-order valence-electron chi connectivity index (χ2n) is 9.76. The molecule has 1 saturated carbocycles. The fourth-order valence-electron chi connectivity index (χ4n) is 5.70. The number of aromatic amines is 1. The van der Waals surface area contributed by atoms with Gasteiger partial charge in [0.1, 0.15) is 5.82 Å². The first-order chi connectivity index (χ1) is 15.6. The summed E-state index contributed by atoms with van der Waals surface area (Å²) < 4.78 is 0. The lowest BCUT2D eigenvalue weighted by atomic mass is 9.92. The summed E-state index contributed by atoms with van der Waals surface area (Å²) in [5.41, 5.74) is 3.59. The van der Waals surface area contributed by atoms with Crippen LogP contribution in [0.25, 0.3) is 0 Å². The molecule has 0 bridgehead atoms. The number of H-pyrrole nitrogens is 1.